The molecule has 0 saturated heterocycles. The molecule has 94 heavy (non-hydrogen) atoms. The van der Waals surface area contributed by atoms with Crippen molar-refractivity contribution in [2.24, 2.45) is 0 Å². The maximum absolute atomic E-state index is 2.87. The number of hydrogen-bond donors (Lipinski definition) is 0. The van der Waals surface area contributed by atoms with Crippen molar-refractivity contribution in [3.63, 3.8) is 0 Å². The summed E-state index contributed by atoms with van der Waals surface area (Å²) in [4.78, 5) is 8.46. The molecule has 0 amide bonds. The number of nitrogens with zero attached hydrogens (tertiary/aromatic N) is 3. The zero-order chi connectivity index (χ0) is 65.6. The van der Waals surface area contributed by atoms with Crippen molar-refractivity contribution in [3.8, 4) is 33.4 Å². The molecule has 1 saturated carbocycles. The molecule has 0 radical (unpaired) electrons. The highest BCUT2D eigenvalue weighted by Crippen LogP contribution is 2.63. The monoisotopic (exact) mass is 1230 g/mol. The minimum atomic E-state index is -0.297. The third-order valence-electron chi connectivity index (χ3n) is 24.6. The van der Waals surface area contributed by atoms with Crippen LogP contribution in [-0.4, -0.2) is 12.3 Å². The van der Waals surface area contributed by atoms with Crippen LogP contribution in [0.2, 0.25) is 0 Å². The maximum Gasteiger partial charge on any atom is 0.252 e. The van der Waals surface area contributed by atoms with Gasteiger partial charge in [0.05, 0.1) is 16.9 Å². The number of rotatable bonds is 6. The van der Waals surface area contributed by atoms with E-state index in [1.165, 1.54) is 158 Å². The van der Waals surface area contributed by atoms with Gasteiger partial charge in [-0.05, 0) is 204 Å². The van der Waals surface area contributed by atoms with Crippen molar-refractivity contribution in [2.45, 2.75) is 193 Å². The van der Waals surface area contributed by atoms with Crippen LogP contribution in [0.3, 0.4) is 0 Å². The first-order valence-electron chi connectivity index (χ1n) is 35.3. The van der Waals surface area contributed by atoms with Crippen molar-refractivity contribution in [3.05, 3.63) is 256 Å². The Kier molecular flexibility index (Phi) is 13.3. The Hall–Kier alpha value is -8.34. The maximum atomic E-state index is 2.87. The molecule has 3 aliphatic heterocycles. The van der Waals surface area contributed by atoms with Crippen LogP contribution in [0.5, 0.6) is 0 Å². The molecule has 1 fully saturated rings. The third-order valence-corrected chi connectivity index (χ3v) is 24.6. The minimum Gasteiger partial charge on any atom is -0.334 e. The average molecular weight is 1230 g/mol. The Bertz CT molecular complexity index is 4740. The molecule has 10 aromatic carbocycles. The van der Waals surface area contributed by atoms with Gasteiger partial charge in [0.1, 0.15) is 0 Å². The summed E-state index contributed by atoms with van der Waals surface area (Å²) in [7, 11) is 0. The van der Waals surface area contributed by atoms with Gasteiger partial charge in [0.25, 0.3) is 6.71 Å². The van der Waals surface area contributed by atoms with Gasteiger partial charge in [-0.3, -0.25) is 0 Å². The van der Waals surface area contributed by atoms with Crippen LogP contribution in [0, 0.1) is 0 Å². The van der Waals surface area contributed by atoms with Crippen molar-refractivity contribution in [2.75, 3.05) is 14.7 Å². The lowest BCUT2D eigenvalue weighted by Gasteiger charge is -2.52. The first-order valence-corrected chi connectivity index (χ1v) is 35.3. The van der Waals surface area contributed by atoms with E-state index in [2.05, 4.69) is 332 Å². The quantitative estimate of drug-likeness (QED) is 0.154. The predicted octanol–water partition coefficient (Wildman–Crippen LogP) is 22.4. The van der Waals surface area contributed by atoms with E-state index in [4.69, 9.17) is 0 Å². The summed E-state index contributed by atoms with van der Waals surface area (Å²) in [6.07, 6.45) is 6.86. The molecule has 3 heterocycles. The van der Waals surface area contributed by atoms with Gasteiger partial charge in [0.2, 0.25) is 0 Å². The normalized spacial score (nSPS) is 20.6. The van der Waals surface area contributed by atoms with Crippen LogP contribution < -0.4 is 31.1 Å². The summed E-state index contributed by atoms with van der Waals surface area (Å²) in [6, 6.07) is 81.8. The molecule has 472 valence electrons. The van der Waals surface area contributed by atoms with Gasteiger partial charge in [-0.15, -0.1) is 0 Å². The van der Waals surface area contributed by atoms with Crippen LogP contribution >= 0.6 is 0 Å². The molecule has 3 nitrogen and oxygen atoms in total. The molecule has 0 bridgehead atoms. The fourth-order valence-corrected chi connectivity index (χ4v) is 18.7. The molecule has 2 atom stereocenters. The minimum absolute atomic E-state index is 0.0403. The fraction of sp³-hybridized carbons (Fsp3) is 0.333. The SMILES string of the molecule is CC(C)(C)c1ccc(N2c3cc4c(cc3B3c5cc6c(cc5N(c5ccc(C(C)(C)C)cc5-c5ccccc5)c5cc(N7c8ccc(-c9ccccc9)cc8C8(C)CCCCC78C)cc2c53)C(C)(C)c2ccccc2C6(C)C)C(C)(C)CCC4(C)C)c(-c2ccccc2)c1. The van der Waals surface area contributed by atoms with Crippen molar-refractivity contribution in [1.29, 1.82) is 0 Å². The van der Waals surface area contributed by atoms with Gasteiger partial charge in [-0.2, -0.15) is 0 Å². The van der Waals surface area contributed by atoms with Gasteiger partial charge in [0, 0.05) is 61.5 Å². The molecule has 0 spiro atoms. The van der Waals surface area contributed by atoms with Gasteiger partial charge in [-0.1, -0.05) is 262 Å². The molecule has 3 aliphatic carbocycles. The molecule has 16 rings (SSSR count). The van der Waals surface area contributed by atoms with Gasteiger partial charge >= 0.3 is 0 Å². The summed E-state index contributed by atoms with van der Waals surface area (Å²) in [5.41, 5.74) is 33.1. The first kappa shape index (κ1) is 60.6. The highest BCUT2D eigenvalue weighted by Gasteiger charge is 2.59. The van der Waals surface area contributed by atoms with Crippen LogP contribution in [0.25, 0.3) is 33.4 Å². The smallest absolute Gasteiger partial charge is 0.252 e. The topological polar surface area (TPSA) is 9.72 Å². The second-order valence-electron chi connectivity index (χ2n) is 33.9. The standard InChI is InChI=1S/C90H94BN3/c1-83(2,3)61-39-42-75(64(49-61)58-32-22-18-23-33-58)92-78-55-69-68(85(7,8)46-47-86(69,9)10)53-73(78)91-74-54-70-71(88(13,14)67-37-27-26-36-66(67)87(70,11)12)56-79(74)93(76-43-40-62(84(4,5)6)50-65(76)59-34-24-19-25-35-59)81-52-63(51-80(92)82(81)91)94-77-41-38-60(57-30-20-17-21-31-57)48-72(77)89(15)44-28-29-45-90(89,94)16/h17-27,30-43,48-56H,28-29,44-47H2,1-16H3. The van der Waals surface area contributed by atoms with Crippen LogP contribution in [-0.2, 0) is 37.9 Å². The van der Waals surface area contributed by atoms with Gasteiger partial charge < -0.3 is 14.7 Å². The van der Waals surface area contributed by atoms with Gasteiger partial charge in [0.15, 0.2) is 0 Å². The Morgan fingerprint density at radius 3 is 1.26 bits per heavy atom. The second-order valence-corrected chi connectivity index (χ2v) is 33.9. The highest BCUT2D eigenvalue weighted by molar-refractivity contribution is 7.00. The van der Waals surface area contributed by atoms with Crippen LogP contribution in [0.1, 0.15) is 199 Å². The zero-order valence-electron chi connectivity index (χ0n) is 58.8. The molecular formula is C90H94BN3. The Morgan fingerprint density at radius 1 is 0.330 bits per heavy atom. The highest BCUT2D eigenvalue weighted by atomic mass is 15.3. The number of fused-ring (bicyclic) bond motifs is 10. The van der Waals surface area contributed by atoms with E-state index in [0.29, 0.717) is 0 Å². The lowest BCUT2D eigenvalue weighted by Crippen LogP contribution is -2.62. The average Bonchev–Trinajstić information content (AvgIpc) is 0.959. The lowest BCUT2D eigenvalue weighted by atomic mass is 9.32. The van der Waals surface area contributed by atoms with E-state index in [9.17, 15) is 0 Å². The van der Waals surface area contributed by atoms with E-state index >= 15 is 0 Å². The molecule has 0 N–H and O–H groups in total. The zero-order valence-corrected chi connectivity index (χ0v) is 58.8. The molecule has 10 aromatic rings. The third kappa shape index (κ3) is 8.82. The predicted molar refractivity (Wildman–Crippen MR) is 403 cm³/mol. The molecular weight excluding hydrogens is 1130 g/mol. The second kappa shape index (κ2) is 20.6. The molecule has 6 aliphatic rings. The van der Waals surface area contributed by atoms with E-state index < -0.39 is 0 Å². The summed E-state index contributed by atoms with van der Waals surface area (Å²) in [5.74, 6) is 0. The molecule has 2 unspecified atom stereocenters. The number of benzene rings is 10. The Balaban J connectivity index is 1.10. The van der Waals surface area contributed by atoms with Crippen LogP contribution in [0.4, 0.5) is 45.5 Å². The van der Waals surface area contributed by atoms with E-state index in [1.807, 2.05) is 0 Å². The number of hydrogen-bond acceptors (Lipinski definition) is 3. The number of anilines is 8. The summed E-state index contributed by atoms with van der Waals surface area (Å²) < 4.78 is 0. The lowest BCUT2D eigenvalue weighted by molar-refractivity contribution is 0.195. The van der Waals surface area contributed by atoms with Gasteiger partial charge in [-0.25, -0.2) is 0 Å². The fourth-order valence-electron chi connectivity index (χ4n) is 18.7. The summed E-state index contributed by atoms with van der Waals surface area (Å²) in [6.45, 7) is 39.4. The summed E-state index contributed by atoms with van der Waals surface area (Å²) >= 11 is 0. The Morgan fingerprint density at radius 2 is 0.755 bits per heavy atom. The van der Waals surface area contributed by atoms with E-state index in [-0.39, 0.29) is 50.2 Å². The first-order chi connectivity index (χ1) is 44.6. The van der Waals surface area contributed by atoms with Crippen molar-refractivity contribution < 1.29 is 0 Å². The van der Waals surface area contributed by atoms with E-state index in [1.54, 1.807) is 0 Å². The summed E-state index contributed by atoms with van der Waals surface area (Å²) in [5, 5.41) is 0. The van der Waals surface area contributed by atoms with Crippen molar-refractivity contribution >= 4 is 68.6 Å². The largest absolute Gasteiger partial charge is 0.334 e. The molecule has 0 aromatic heterocycles. The van der Waals surface area contributed by atoms with E-state index in [0.717, 1.165) is 25.7 Å². The Labute approximate surface area is 562 Å². The van der Waals surface area contributed by atoms with Crippen LogP contribution in [0.15, 0.2) is 206 Å². The molecule has 4 heteroatoms. The van der Waals surface area contributed by atoms with Crippen molar-refractivity contribution in [1.82, 2.24) is 0 Å².